The topological polar surface area (TPSA) is 35.5 Å². The van der Waals surface area contributed by atoms with Crippen LogP contribution < -0.4 is 0 Å². The molecule has 0 radical (unpaired) electrons. The summed E-state index contributed by atoms with van der Waals surface area (Å²) in [6.07, 6.45) is 2.90. The van der Waals surface area contributed by atoms with Gasteiger partial charge in [0.15, 0.2) is 0 Å². The Labute approximate surface area is 99.7 Å². The highest BCUT2D eigenvalue weighted by Crippen LogP contribution is 2.06. The number of ether oxygens (including phenoxy) is 2. The first-order valence-electron chi connectivity index (χ1n) is 5.01. The standard InChI is InChI=1S/C10H19IO3/c1-3-7-13-8-10(5-4-6-11)14-9(2)12/h10H,3-8H2,1-2H3. The van der Waals surface area contributed by atoms with Crippen LogP contribution in [0, 0.1) is 0 Å². The second kappa shape index (κ2) is 9.71. The Bertz CT molecular complexity index is 150. The highest BCUT2D eigenvalue weighted by atomic mass is 127. The molecule has 0 aromatic rings. The average molecular weight is 314 g/mol. The second-order valence-corrected chi connectivity index (χ2v) is 4.22. The molecule has 0 aliphatic heterocycles. The molecule has 4 heteroatoms. The molecule has 84 valence electrons. The smallest absolute Gasteiger partial charge is 0.302 e. The fraction of sp³-hybridized carbons (Fsp3) is 0.900. The zero-order chi connectivity index (χ0) is 10.8. The largest absolute Gasteiger partial charge is 0.460 e. The van der Waals surface area contributed by atoms with Crippen molar-refractivity contribution >= 4 is 28.6 Å². The van der Waals surface area contributed by atoms with Crippen LogP contribution in [0.2, 0.25) is 0 Å². The molecule has 0 aliphatic carbocycles. The predicted molar refractivity (Wildman–Crippen MR) is 64.8 cm³/mol. The lowest BCUT2D eigenvalue weighted by Crippen LogP contribution is -2.22. The van der Waals surface area contributed by atoms with Gasteiger partial charge in [-0.05, 0) is 23.7 Å². The van der Waals surface area contributed by atoms with E-state index < -0.39 is 0 Å². The number of hydrogen-bond acceptors (Lipinski definition) is 3. The molecule has 0 spiro atoms. The molecule has 0 heterocycles. The summed E-state index contributed by atoms with van der Waals surface area (Å²) in [5.41, 5.74) is 0. The molecule has 3 nitrogen and oxygen atoms in total. The maximum absolute atomic E-state index is 10.8. The Balaban J connectivity index is 3.66. The lowest BCUT2D eigenvalue weighted by Gasteiger charge is -2.16. The van der Waals surface area contributed by atoms with Gasteiger partial charge in [0, 0.05) is 13.5 Å². The van der Waals surface area contributed by atoms with E-state index in [4.69, 9.17) is 9.47 Å². The maximum atomic E-state index is 10.8. The van der Waals surface area contributed by atoms with Crippen LogP contribution >= 0.6 is 22.6 Å². The summed E-state index contributed by atoms with van der Waals surface area (Å²) in [7, 11) is 0. The van der Waals surface area contributed by atoms with Gasteiger partial charge in [0.05, 0.1) is 6.61 Å². The van der Waals surface area contributed by atoms with Crippen molar-refractivity contribution in [3.8, 4) is 0 Å². The normalized spacial score (nSPS) is 12.5. The monoisotopic (exact) mass is 314 g/mol. The van der Waals surface area contributed by atoms with Crippen LogP contribution in [0.15, 0.2) is 0 Å². The molecule has 0 amide bonds. The van der Waals surface area contributed by atoms with E-state index in [1.54, 1.807) is 0 Å². The Kier molecular flexibility index (Phi) is 9.82. The summed E-state index contributed by atoms with van der Waals surface area (Å²) in [5.74, 6) is -0.219. The van der Waals surface area contributed by atoms with E-state index in [0.29, 0.717) is 6.61 Å². The van der Waals surface area contributed by atoms with Crippen LogP contribution in [0.4, 0.5) is 0 Å². The van der Waals surface area contributed by atoms with Gasteiger partial charge in [-0.3, -0.25) is 4.79 Å². The number of esters is 1. The van der Waals surface area contributed by atoms with Crippen LogP contribution in [0.25, 0.3) is 0 Å². The van der Waals surface area contributed by atoms with Gasteiger partial charge in [-0.2, -0.15) is 0 Å². The third-order valence-electron chi connectivity index (χ3n) is 1.64. The molecule has 0 saturated heterocycles. The van der Waals surface area contributed by atoms with E-state index in [9.17, 15) is 4.79 Å². The van der Waals surface area contributed by atoms with Crippen molar-refractivity contribution in [3.63, 3.8) is 0 Å². The summed E-state index contributed by atoms with van der Waals surface area (Å²) >= 11 is 2.32. The van der Waals surface area contributed by atoms with Gasteiger partial charge >= 0.3 is 5.97 Å². The summed E-state index contributed by atoms with van der Waals surface area (Å²) in [4.78, 5) is 10.8. The highest BCUT2D eigenvalue weighted by Gasteiger charge is 2.11. The van der Waals surface area contributed by atoms with Crippen LogP contribution in [0.5, 0.6) is 0 Å². The Morgan fingerprint density at radius 2 is 2.21 bits per heavy atom. The molecule has 0 saturated carbocycles. The molecule has 0 bridgehead atoms. The SMILES string of the molecule is CCCOCC(CCCI)OC(C)=O. The van der Waals surface area contributed by atoms with E-state index >= 15 is 0 Å². The van der Waals surface area contributed by atoms with Crippen molar-refractivity contribution in [2.75, 3.05) is 17.6 Å². The summed E-state index contributed by atoms with van der Waals surface area (Å²) in [5, 5.41) is 0. The van der Waals surface area contributed by atoms with Crippen LogP contribution in [0.3, 0.4) is 0 Å². The van der Waals surface area contributed by atoms with Crippen molar-refractivity contribution in [2.24, 2.45) is 0 Å². The Morgan fingerprint density at radius 1 is 1.50 bits per heavy atom. The lowest BCUT2D eigenvalue weighted by atomic mass is 10.2. The van der Waals surface area contributed by atoms with E-state index in [-0.39, 0.29) is 12.1 Å². The fourth-order valence-electron chi connectivity index (χ4n) is 1.07. The highest BCUT2D eigenvalue weighted by molar-refractivity contribution is 14.1. The quantitative estimate of drug-likeness (QED) is 0.299. The van der Waals surface area contributed by atoms with Gasteiger partial charge in [0.25, 0.3) is 0 Å². The second-order valence-electron chi connectivity index (χ2n) is 3.14. The molecule has 0 aromatic heterocycles. The predicted octanol–water partition coefficient (Wildman–Crippen LogP) is 2.56. The van der Waals surface area contributed by atoms with Crippen LogP contribution in [0.1, 0.15) is 33.1 Å². The van der Waals surface area contributed by atoms with E-state index in [0.717, 1.165) is 30.3 Å². The molecule has 14 heavy (non-hydrogen) atoms. The minimum atomic E-state index is -0.219. The zero-order valence-corrected chi connectivity index (χ0v) is 11.1. The van der Waals surface area contributed by atoms with Gasteiger partial charge in [0.1, 0.15) is 6.10 Å². The third-order valence-corrected chi connectivity index (χ3v) is 2.41. The molecular formula is C10H19IO3. The molecule has 1 unspecified atom stereocenters. The van der Waals surface area contributed by atoms with Crippen molar-refractivity contribution in [1.82, 2.24) is 0 Å². The zero-order valence-electron chi connectivity index (χ0n) is 8.92. The molecule has 0 rings (SSSR count). The molecule has 0 N–H and O–H groups in total. The number of halogens is 1. The molecule has 0 fully saturated rings. The molecule has 0 aliphatic rings. The van der Waals surface area contributed by atoms with Gasteiger partial charge in [-0.25, -0.2) is 0 Å². The lowest BCUT2D eigenvalue weighted by molar-refractivity contribution is -0.149. The number of carbonyl (C=O) groups is 1. The van der Waals surface area contributed by atoms with Gasteiger partial charge in [-0.15, -0.1) is 0 Å². The third kappa shape index (κ3) is 8.74. The van der Waals surface area contributed by atoms with Crippen molar-refractivity contribution < 1.29 is 14.3 Å². The van der Waals surface area contributed by atoms with Gasteiger partial charge in [-0.1, -0.05) is 29.5 Å². The number of carbonyl (C=O) groups excluding carboxylic acids is 1. The number of hydrogen-bond donors (Lipinski definition) is 0. The van der Waals surface area contributed by atoms with Crippen molar-refractivity contribution in [1.29, 1.82) is 0 Å². The average Bonchev–Trinajstić information content (AvgIpc) is 2.13. The van der Waals surface area contributed by atoms with E-state index in [1.807, 2.05) is 0 Å². The molecule has 0 aromatic carbocycles. The Morgan fingerprint density at radius 3 is 2.71 bits per heavy atom. The Hall–Kier alpha value is 0.160. The van der Waals surface area contributed by atoms with Crippen molar-refractivity contribution in [3.05, 3.63) is 0 Å². The van der Waals surface area contributed by atoms with Crippen molar-refractivity contribution in [2.45, 2.75) is 39.2 Å². The number of alkyl halides is 1. The summed E-state index contributed by atoms with van der Waals surface area (Å²) in [6, 6.07) is 0. The summed E-state index contributed by atoms with van der Waals surface area (Å²) in [6.45, 7) is 4.77. The van der Waals surface area contributed by atoms with Crippen LogP contribution in [-0.2, 0) is 14.3 Å². The minimum absolute atomic E-state index is 0.0613. The first-order valence-corrected chi connectivity index (χ1v) is 6.54. The van der Waals surface area contributed by atoms with E-state index in [2.05, 4.69) is 29.5 Å². The molecular weight excluding hydrogens is 295 g/mol. The first kappa shape index (κ1) is 14.2. The molecule has 1 atom stereocenters. The minimum Gasteiger partial charge on any atom is -0.460 e. The number of rotatable bonds is 8. The van der Waals surface area contributed by atoms with Gasteiger partial charge in [0.2, 0.25) is 0 Å². The van der Waals surface area contributed by atoms with E-state index in [1.165, 1.54) is 6.92 Å². The first-order chi connectivity index (χ1) is 6.70. The van der Waals surface area contributed by atoms with Gasteiger partial charge < -0.3 is 9.47 Å². The summed E-state index contributed by atoms with van der Waals surface area (Å²) < 4.78 is 11.6. The fourth-order valence-corrected chi connectivity index (χ4v) is 1.52. The maximum Gasteiger partial charge on any atom is 0.302 e. The van der Waals surface area contributed by atoms with Crippen LogP contribution in [-0.4, -0.2) is 29.7 Å².